The Morgan fingerprint density at radius 3 is 2.44 bits per heavy atom. The molecule has 1 N–H and O–H groups in total. The molecule has 0 unspecified atom stereocenters. The van der Waals surface area contributed by atoms with Gasteiger partial charge in [0.25, 0.3) is 0 Å². The van der Waals surface area contributed by atoms with Crippen molar-refractivity contribution < 1.29 is 17.9 Å². The van der Waals surface area contributed by atoms with Crippen LogP contribution in [0.5, 0.6) is 5.75 Å². The summed E-state index contributed by atoms with van der Waals surface area (Å²) in [6.07, 6.45) is 0.706. The second-order valence-electron chi connectivity index (χ2n) is 8.64. The summed E-state index contributed by atoms with van der Waals surface area (Å²) < 4.78 is 29.2. The molecule has 0 saturated carbocycles. The molecule has 2 heterocycles. The predicted octanol–water partition coefficient (Wildman–Crippen LogP) is 2.49. The van der Waals surface area contributed by atoms with Crippen LogP contribution in [-0.2, 0) is 14.6 Å². The summed E-state index contributed by atoms with van der Waals surface area (Å²) in [5.41, 5.74) is 2.64. The van der Waals surface area contributed by atoms with Crippen molar-refractivity contribution in [1.29, 1.82) is 0 Å². The molecule has 0 aliphatic carbocycles. The number of methoxy groups -OCH3 is 1. The Labute approximate surface area is 190 Å². The van der Waals surface area contributed by atoms with Crippen molar-refractivity contribution in [2.24, 2.45) is 0 Å². The number of carbonyl (C=O) groups excluding carboxylic acids is 1. The van der Waals surface area contributed by atoms with Crippen LogP contribution in [0.2, 0.25) is 0 Å². The number of amides is 1. The molecular weight excluding hydrogens is 426 g/mol. The first-order chi connectivity index (χ1) is 15.4. The number of ether oxygens (including phenoxy) is 1. The van der Waals surface area contributed by atoms with Crippen LogP contribution in [-0.4, -0.2) is 75.0 Å². The van der Waals surface area contributed by atoms with Crippen molar-refractivity contribution in [3.63, 3.8) is 0 Å². The topological polar surface area (TPSA) is 79.0 Å². The van der Waals surface area contributed by atoms with Crippen LogP contribution < -0.4 is 10.1 Å². The van der Waals surface area contributed by atoms with Gasteiger partial charge in [-0.1, -0.05) is 36.4 Å². The third-order valence-corrected chi connectivity index (χ3v) is 8.17. The van der Waals surface area contributed by atoms with Crippen molar-refractivity contribution in [2.45, 2.75) is 25.4 Å². The SMILES string of the molecule is COc1ccc(C)cc1NC(=O)[C@H](c1ccccc1)N1CCN([C@@H]2CCS(=O)(=O)C2)CC1. The summed E-state index contributed by atoms with van der Waals surface area (Å²) in [4.78, 5) is 18.0. The Morgan fingerprint density at radius 2 is 1.81 bits per heavy atom. The van der Waals surface area contributed by atoms with Crippen molar-refractivity contribution in [1.82, 2.24) is 9.80 Å². The van der Waals surface area contributed by atoms with Gasteiger partial charge in [0.05, 0.1) is 24.3 Å². The van der Waals surface area contributed by atoms with Crippen LogP contribution in [0.15, 0.2) is 48.5 Å². The Balaban J connectivity index is 1.51. The fourth-order valence-electron chi connectivity index (χ4n) is 4.71. The number of carbonyl (C=O) groups is 1. The molecule has 2 aromatic rings. The van der Waals surface area contributed by atoms with Crippen LogP contribution in [0.25, 0.3) is 0 Å². The molecule has 4 rings (SSSR count). The molecule has 2 aliphatic heterocycles. The number of aryl methyl sites for hydroxylation is 1. The zero-order valence-electron chi connectivity index (χ0n) is 18.7. The van der Waals surface area contributed by atoms with Crippen molar-refractivity contribution in [3.8, 4) is 5.75 Å². The molecule has 2 fully saturated rings. The van der Waals surface area contributed by atoms with Crippen LogP contribution in [0, 0.1) is 6.92 Å². The molecule has 0 radical (unpaired) electrons. The van der Waals surface area contributed by atoms with Crippen LogP contribution in [0.4, 0.5) is 5.69 Å². The predicted molar refractivity (Wildman–Crippen MR) is 126 cm³/mol. The van der Waals surface area contributed by atoms with E-state index in [1.807, 2.05) is 55.5 Å². The summed E-state index contributed by atoms with van der Waals surface area (Å²) in [5, 5.41) is 3.08. The van der Waals surface area contributed by atoms with Crippen molar-refractivity contribution >= 4 is 21.4 Å². The number of hydrogen-bond acceptors (Lipinski definition) is 6. The second-order valence-corrected chi connectivity index (χ2v) is 10.9. The zero-order chi connectivity index (χ0) is 22.7. The minimum Gasteiger partial charge on any atom is -0.495 e. The van der Waals surface area contributed by atoms with E-state index in [-0.39, 0.29) is 23.5 Å². The number of benzene rings is 2. The van der Waals surface area contributed by atoms with Gasteiger partial charge in [-0.3, -0.25) is 14.6 Å². The van der Waals surface area contributed by atoms with E-state index in [4.69, 9.17) is 4.74 Å². The minimum atomic E-state index is -2.91. The van der Waals surface area contributed by atoms with E-state index in [0.29, 0.717) is 30.9 Å². The highest BCUT2D eigenvalue weighted by molar-refractivity contribution is 7.91. The molecule has 1 amide bonds. The van der Waals surface area contributed by atoms with E-state index in [0.717, 1.165) is 24.2 Å². The van der Waals surface area contributed by atoms with E-state index in [1.54, 1.807) is 7.11 Å². The minimum absolute atomic E-state index is 0.0997. The van der Waals surface area contributed by atoms with Gasteiger partial charge in [-0.05, 0) is 36.6 Å². The number of nitrogens with zero attached hydrogens (tertiary/aromatic N) is 2. The molecule has 2 aliphatic rings. The number of hydrogen-bond donors (Lipinski definition) is 1. The smallest absolute Gasteiger partial charge is 0.246 e. The molecule has 0 aromatic heterocycles. The second kappa shape index (κ2) is 9.60. The summed E-state index contributed by atoms with van der Waals surface area (Å²) >= 11 is 0. The van der Waals surface area contributed by atoms with Gasteiger partial charge < -0.3 is 10.1 Å². The van der Waals surface area contributed by atoms with Crippen molar-refractivity contribution in [2.75, 3.05) is 50.1 Å². The highest BCUT2D eigenvalue weighted by Crippen LogP contribution is 2.30. The summed E-state index contributed by atoms with van der Waals surface area (Å²) in [7, 11) is -1.31. The Bertz CT molecular complexity index is 1050. The normalized spacial score (nSPS) is 22.4. The van der Waals surface area contributed by atoms with Crippen LogP contribution in [0.3, 0.4) is 0 Å². The van der Waals surface area contributed by atoms with E-state index < -0.39 is 15.9 Å². The maximum Gasteiger partial charge on any atom is 0.246 e. The lowest BCUT2D eigenvalue weighted by Gasteiger charge is -2.40. The van der Waals surface area contributed by atoms with E-state index in [2.05, 4.69) is 15.1 Å². The zero-order valence-corrected chi connectivity index (χ0v) is 19.5. The average Bonchev–Trinajstić information content (AvgIpc) is 3.15. The van der Waals surface area contributed by atoms with Gasteiger partial charge in [0.15, 0.2) is 9.84 Å². The van der Waals surface area contributed by atoms with Crippen molar-refractivity contribution in [3.05, 3.63) is 59.7 Å². The van der Waals surface area contributed by atoms with E-state index >= 15 is 0 Å². The van der Waals surface area contributed by atoms with Gasteiger partial charge >= 0.3 is 0 Å². The van der Waals surface area contributed by atoms with Crippen LogP contribution >= 0.6 is 0 Å². The Morgan fingerprint density at radius 1 is 1.09 bits per heavy atom. The molecule has 0 bridgehead atoms. The lowest BCUT2D eigenvalue weighted by Crippen LogP contribution is -2.53. The number of sulfone groups is 1. The third kappa shape index (κ3) is 5.14. The standard InChI is InChI=1S/C24H31N3O4S/c1-18-8-9-22(31-2)21(16-18)25-24(28)23(19-6-4-3-5-7-19)27-13-11-26(12-14-27)20-10-15-32(29,30)17-20/h3-9,16,20,23H,10-15,17H2,1-2H3,(H,25,28)/t20-,23+/m1/s1. The lowest BCUT2D eigenvalue weighted by atomic mass is 10.0. The maximum atomic E-state index is 13.5. The van der Waals surface area contributed by atoms with Gasteiger partial charge in [-0.25, -0.2) is 8.42 Å². The number of anilines is 1. The summed E-state index contributed by atoms with van der Waals surface area (Å²) in [6, 6.07) is 15.2. The van der Waals surface area contributed by atoms with Crippen LogP contribution in [0.1, 0.15) is 23.6 Å². The molecule has 2 atom stereocenters. The maximum absolute atomic E-state index is 13.5. The first kappa shape index (κ1) is 22.8. The molecule has 2 aromatic carbocycles. The number of piperazine rings is 1. The quantitative estimate of drug-likeness (QED) is 0.718. The van der Waals surface area contributed by atoms with Gasteiger partial charge in [0, 0.05) is 32.2 Å². The van der Waals surface area contributed by atoms with Gasteiger partial charge in [-0.2, -0.15) is 0 Å². The molecular formula is C24H31N3O4S. The molecule has 32 heavy (non-hydrogen) atoms. The summed E-state index contributed by atoms with van der Waals surface area (Å²) in [6.45, 7) is 4.89. The van der Waals surface area contributed by atoms with Gasteiger partial charge in [-0.15, -0.1) is 0 Å². The largest absolute Gasteiger partial charge is 0.495 e. The number of nitrogens with one attached hydrogen (secondary N) is 1. The molecule has 2 saturated heterocycles. The monoisotopic (exact) mass is 457 g/mol. The third-order valence-electron chi connectivity index (χ3n) is 6.42. The fourth-order valence-corrected chi connectivity index (χ4v) is 6.47. The summed E-state index contributed by atoms with van der Waals surface area (Å²) in [5.74, 6) is 1.06. The molecule has 8 heteroatoms. The Kier molecular flexibility index (Phi) is 6.83. The van der Waals surface area contributed by atoms with Gasteiger partial charge in [0.1, 0.15) is 11.8 Å². The highest BCUT2D eigenvalue weighted by Gasteiger charge is 2.36. The van der Waals surface area contributed by atoms with Gasteiger partial charge in [0.2, 0.25) is 5.91 Å². The molecule has 7 nitrogen and oxygen atoms in total. The van der Waals surface area contributed by atoms with E-state index in [1.165, 1.54) is 0 Å². The van der Waals surface area contributed by atoms with E-state index in [9.17, 15) is 13.2 Å². The fraction of sp³-hybridized carbons (Fsp3) is 0.458. The number of rotatable bonds is 6. The Hall–Kier alpha value is -2.42. The first-order valence-electron chi connectivity index (χ1n) is 11.1. The average molecular weight is 458 g/mol. The molecule has 172 valence electrons. The molecule has 0 spiro atoms. The first-order valence-corrected chi connectivity index (χ1v) is 12.9. The highest BCUT2D eigenvalue weighted by atomic mass is 32.2. The lowest BCUT2D eigenvalue weighted by molar-refractivity contribution is -0.122.